The summed E-state index contributed by atoms with van der Waals surface area (Å²) in [6.07, 6.45) is 5.59. The van der Waals surface area contributed by atoms with Gasteiger partial charge in [-0.3, -0.25) is 4.68 Å². The highest BCUT2D eigenvalue weighted by molar-refractivity contribution is 9.10. The highest BCUT2D eigenvalue weighted by Crippen LogP contribution is 2.13. The lowest BCUT2D eigenvalue weighted by molar-refractivity contribution is 0.149. The van der Waals surface area contributed by atoms with Crippen molar-refractivity contribution in [3.63, 3.8) is 0 Å². The van der Waals surface area contributed by atoms with Gasteiger partial charge >= 0.3 is 0 Å². The predicted octanol–water partition coefficient (Wildman–Crippen LogP) is 1.79. The van der Waals surface area contributed by atoms with Gasteiger partial charge in [0.25, 0.3) is 0 Å². The van der Waals surface area contributed by atoms with Gasteiger partial charge < -0.3 is 10.4 Å². The minimum atomic E-state index is -0.135. The van der Waals surface area contributed by atoms with Gasteiger partial charge in [0.15, 0.2) is 0 Å². The molecule has 0 spiro atoms. The first-order valence-corrected chi connectivity index (χ1v) is 6.49. The molecule has 1 heterocycles. The molecule has 0 aliphatic rings. The van der Waals surface area contributed by atoms with Crippen LogP contribution in [0.15, 0.2) is 16.9 Å². The van der Waals surface area contributed by atoms with Crippen LogP contribution < -0.4 is 5.32 Å². The van der Waals surface area contributed by atoms with Crippen molar-refractivity contribution >= 4 is 15.9 Å². The van der Waals surface area contributed by atoms with Crippen LogP contribution in [0.2, 0.25) is 0 Å². The standard InChI is InChI=1S/C11H20BrN3O/c1-3-11(4-2,9-16)13-5-6-15-8-10(12)7-14-15/h7-8,13,16H,3-6,9H2,1-2H3. The molecule has 2 N–H and O–H groups in total. The van der Waals surface area contributed by atoms with Crippen LogP contribution in [-0.4, -0.2) is 33.6 Å². The fourth-order valence-electron chi connectivity index (χ4n) is 1.68. The van der Waals surface area contributed by atoms with Crippen LogP contribution in [0.5, 0.6) is 0 Å². The van der Waals surface area contributed by atoms with Crippen molar-refractivity contribution in [2.24, 2.45) is 0 Å². The number of rotatable bonds is 7. The monoisotopic (exact) mass is 289 g/mol. The molecular weight excluding hydrogens is 270 g/mol. The van der Waals surface area contributed by atoms with Crippen LogP contribution in [0.1, 0.15) is 26.7 Å². The van der Waals surface area contributed by atoms with Crippen molar-refractivity contribution in [1.82, 2.24) is 15.1 Å². The van der Waals surface area contributed by atoms with Gasteiger partial charge in [-0.15, -0.1) is 0 Å². The topological polar surface area (TPSA) is 50.1 Å². The van der Waals surface area contributed by atoms with Gasteiger partial charge in [0.2, 0.25) is 0 Å². The van der Waals surface area contributed by atoms with Crippen molar-refractivity contribution in [3.8, 4) is 0 Å². The molecule has 0 saturated heterocycles. The quantitative estimate of drug-likeness (QED) is 0.805. The van der Waals surface area contributed by atoms with Gasteiger partial charge in [0, 0.05) is 18.3 Å². The van der Waals surface area contributed by atoms with E-state index >= 15 is 0 Å². The average Bonchev–Trinajstić information content (AvgIpc) is 2.71. The Morgan fingerprint density at radius 2 is 2.19 bits per heavy atom. The minimum absolute atomic E-state index is 0.135. The Labute approximate surface area is 105 Å². The van der Waals surface area contributed by atoms with E-state index in [0.29, 0.717) is 0 Å². The van der Waals surface area contributed by atoms with Crippen molar-refractivity contribution < 1.29 is 5.11 Å². The molecule has 0 radical (unpaired) electrons. The number of nitrogens with one attached hydrogen (secondary N) is 1. The van der Waals surface area contributed by atoms with Crippen LogP contribution in [0.25, 0.3) is 0 Å². The second-order valence-corrected chi connectivity index (χ2v) is 4.91. The number of hydrogen-bond donors (Lipinski definition) is 2. The Hall–Kier alpha value is -0.390. The molecule has 5 heteroatoms. The maximum Gasteiger partial charge on any atom is 0.0632 e. The first-order chi connectivity index (χ1) is 7.65. The van der Waals surface area contributed by atoms with Crippen LogP contribution in [0, 0.1) is 0 Å². The SMILES string of the molecule is CCC(CC)(CO)NCCn1cc(Br)cn1. The number of hydrogen-bond acceptors (Lipinski definition) is 3. The van der Waals surface area contributed by atoms with Crippen molar-refractivity contribution in [2.75, 3.05) is 13.2 Å². The Morgan fingerprint density at radius 1 is 1.50 bits per heavy atom. The summed E-state index contributed by atoms with van der Waals surface area (Å²) in [7, 11) is 0. The van der Waals surface area contributed by atoms with Gasteiger partial charge in [-0.1, -0.05) is 13.8 Å². The highest BCUT2D eigenvalue weighted by Gasteiger charge is 2.23. The Kier molecular flexibility index (Phi) is 5.44. The third kappa shape index (κ3) is 3.57. The maximum atomic E-state index is 9.39. The molecule has 1 rings (SSSR count). The summed E-state index contributed by atoms with van der Waals surface area (Å²) in [4.78, 5) is 0. The second kappa shape index (κ2) is 6.37. The fraction of sp³-hybridized carbons (Fsp3) is 0.727. The molecule has 0 unspecified atom stereocenters. The van der Waals surface area contributed by atoms with E-state index in [9.17, 15) is 5.11 Å². The molecule has 1 aromatic rings. The van der Waals surface area contributed by atoms with Crippen molar-refractivity contribution in [2.45, 2.75) is 38.8 Å². The molecule has 0 amide bonds. The summed E-state index contributed by atoms with van der Waals surface area (Å²) in [6, 6.07) is 0. The zero-order valence-corrected chi connectivity index (χ0v) is 11.5. The van der Waals surface area contributed by atoms with Crippen LogP contribution >= 0.6 is 15.9 Å². The molecule has 0 atom stereocenters. The Morgan fingerprint density at radius 3 is 2.62 bits per heavy atom. The smallest absolute Gasteiger partial charge is 0.0632 e. The van der Waals surface area contributed by atoms with Gasteiger partial charge in [-0.05, 0) is 28.8 Å². The van der Waals surface area contributed by atoms with Gasteiger partial charge in [0.05, 0.1) is 23.8 Å². The predicted molar refractivity (Wildman–Crippen MR) is 68.3 cm³/mol. The summed E-state index contributed by atoms with van der Waals surface area (Å²) in [5.41, 5.74) is -0.135. The molecule has 0 aliphatic carbocycles. The van der Waals surface area contributed by atoms with E-state index in [2.05, 4.69) is 40.2 Å². The molecule has 4 nitrogen and oxygen atoms in total. The summed E-state index contributed by atoms with van der Waals surface area (Å²) in [6.45, 7) is 6.00. The Bertz CT molecular complexity index is 302. The number of aliphatic hydroxyl groups excluding tert-OH is 1. The summed E-state index contributed by atoms with van der Waals surface area (Å²) >= 11 is 3.36. The van der Waals surface area contributed by atoms with Crippen LogP contribution in [0.4, 0.5) is 0 Å². The molecule has 0 aromatic carbocycles. The Balaban J connectivity index is 2.39. The largest absolute Gasteiger partial charge is 0.394 e. The lowest BCUT2D eigenvalue weighted by Gasteiger charge is -2.30. The van der Waals surface area contributed by atoms with E-state index in [0.717, 1.165) is 30.4 Å². The number of nitrogens with zero attached hydrogens (tertiary/aromatic N) is 2. The van der Waals surface area contributed by atoms with Gasteiger partial charge in [0.1, 0.15) is 0 Å². The maximum absolute atomic E-state index is 9.39. The van der Waals surface area contributed by atoms with E-state index in [1.54, 1.807) is 6.20 Å². The first-order valence-electron chi connectivity index (χ1n) is 5.69. The van der Waals surface area contributed by atoms with Crippen LogP contribution in [-0.2, 0) is 6.54 Å². The zero-order valence-electron chi connectivity index (χ0n) is 9.91. The summed E-state index contributed by atoms with van der Waals surface area (Å²) in [5.74, 6) is 0. The number of halogens is 1. The van der Waals surface area contributed by atoms with Gasteiger partial charge in [-0.25, -0.2) is 0 Å². The molecular formula is C11H20BrN3O. The van der Waals surface area contributed by atoms with E-state index in [1.165, 1.54) is 0 Å². The molecule has 0 fully saturated rings. The normalized spacial score (nSPS) is 12.0. The highest BCUT2D eigenvalue weighted by atomic mass is 79.9. The molecule has 0 bridgehead atoms. The molecule has 0 saturated carbocycles. The van der Waals surface area contributed by atoms with Crippen molar-refractivity contribution in [1.29, 1.82) is 0 Å². The third-order valence-corrected chi connectivity index (χ3v) is 3.51. The average molecular weight is 290 g/mol. The minimum Gasteiger partial charge on any atom is -0.394 e. The number of aromatic nitrogens is 2. The third-order valence-electron chi connectivity index (χ3n) is 3.10. The lowest BCUT2D eigenvalue weighted by Crippen LogP contribution is -2.48. The second-order valence-electron chi connectivity index (χ2n) is 3.99. The lowest BCUT2D eigenvalue weighted by atomic mass is 9.94. The summed E-state index contributed by atoms with van der Waals surface area (Å²) < 4.78 is 2.87. The van der Waals surface area contributed by atoms with E-state index in [-0.39, 0.29) is 12.1 Å². The van der Waals surface area contributed by atoms with E-state index < -0.39 is 0 Å². The first kappa shape index (κ1) is 13.7. The summed E-state index contributed by atoms with van der Waals surface area (Å²) in [5, 5.41) is 17.0. The molecule has 16 heavy (non-hydrogen) atoms. The van der Waals surface area contributed by atoms with Crippen LogP contribution in [0.3, 0.4) is 0 Å². The van der Waals surface area contributed by atoms with E-state index in [1.807, 2.05) is 10.9 Å². The zero-order chi connectivity index (χ0) is 12.0. The fourth-order valence-corrected chi connectivity index (χ4v) is 2.00. The van der Waals surface area contributed by atoms with Crippen molar-refractivity contribution in [3.05, 3.63) is 16.9 Å². The van der Waals surface area contributed by atoms with Gasteiger partial charge in [-0.2, -0.15) is 5.10 Å². The molecule has 0 aliphatic heterocycles. The molecule has 1 aromatic heterocycles. The molecule has 92 valence electrons. The van der Waals surface area contributed by atoms with E-state index in [4.69, 9.17) is 0 Å². The number of aliphatic hydroxyl groups is 1.